The van der Waals surface area contributed by atoms with E-state index in [1.807, 2.05) is 11.3 Å². The van der Waals surface area contributed by atoms with Crippen molar-refractivity contribution in [2.45, 2.75) is 19.8 Å². The second kappa shape index (κ2) is 11.6. The fourth-order valence-corrected chi connectivity index (χ4v) is 5.98. The first kappa shape index (κ1) is 26.4. The highest BCUT2D eigenvalue weighted by molar-refractivity contribution is 7.18. The maximum Gasteiger partial charge on any atom is 0.263 e. The lowest BCUT2D eigenvalue weighted by Crippen LogP contribution is -2.38. The molecule has 192 valence electrons. The summed E-state index contributed by atoms with van der Waals surface area (Å²) in [5.41, 5.74) is 6.44. The normalized spacial score (nSPS) is 14.8. The molecule has 1 aromatic heterocycles. The molecule has 0 N–H and O–H groups in total. The molecule has 5 nitrogen and oxygen atoms in total. The Hall–Kier alpha value is -2.67. The maximum absolute atomic E-state index is 2.59. The highest BCUT2D eigenvalue weighted by Gasteiger charge is 2.25. The third-order valence-corrected chi connectivity index (χ3v) is 8.06. The van der Waals surface area contributed by atoms with E-state index < -0.39 is 0 Å². The van der Waals surface area contributed by atoms with Gasteiger partial charge in [-0.1, -0.05) is 35.6 Å². The quantitative estimate of drug-likeness (QED) is 0.358. The highest BCUT2D eigenvalue weighted by atomic mass is 32.1. The molecule has 0 radical (unpaired) electrons. The minimum atomic E-state index is 1.05. The van der Waals surface area contributed by atoms with E-state index in [0.29, 0.717) is 0 Å². The number of para-hydroxylation sites is 1. The highest BCUT2D eigenvalue weighted by Crippen LogP contribution is 2.38. The van der Waals surface area contributed by atoms with Crippen LogP contribution in [0.25, 0.3) is 21.9 Å². The van der Waals surface area contributed by atoms with Crippen LogP contribution in [0.3, 0.4) is 0 Å². The van der Waals surface area contributed by atoms with Crippen LogP contribution in [-0.2, 0) is 7.05 Å². The molecular formula is C30H42N5S+. The summed E-state index contributed by atoms with van der Waals surface area (Å²) in [4.78, 5) is 9.53. The molecule has 3 aromatic rings. The van der Waals surface area contributed by atoms with Crippen LogP contribution in [-0.4, -0.2) is 76.1 Å². The Morgan fingerprint density at radius 1 is 0.917 bits per heavy atom. The number of anilines is 1. The molecule has 0 saturated carbocycles. The Morgan fingerprint density at radius 3 is 2.25 bits per heavy atom. The predicted molar refractivity (Wildman–Crippen MR) is 156 cm³/mol. The number of rotatable bonds is 10. The number of hydrogen-bond donors (Lipinski definition) is 0. The van der Waals surface area contributed by atoms with Crippen molar-refractivity contribution < 1.29 is 4.57 Å². The van der Waals surface area contributed by atoms with Gasteiger partial charge in [0.2, 0.25) is 5.52 Å². The summed E-state index contributed by atoms with van der Waals surface area (Å²) in [5.74, 6) is 1.29. The molecule has 0 saturated heterocycles. The van der Waals surface area contributed by atoms with Crippen molar-refractivity contribution in [1.82, 2.24) is 14.7 Å². The van der Waals surface area contributed by atoms with E-state index in [4.69, 9.17) is 0 Å². The minimum absolute atomic E-state index is 1.05. The van der Waals surface area contributed by atoms with Gasteiger partial charge in [0.25, 0.3) is 5.01 Å². The maximum atomic E-state index is 2.59. The Morgan fingerprint density at radius 2 is 1.58 bits per heavy atom. The number of allylic oxidation sites excluding steroid dienone is 2. The van der Waals surface area contributed by atoms with Crippen molar-refractivity contribution >= 4 is 38.9 Å². The fourth-order valence-electron chi connectivity index (χ4n) is 4.90. The van der Waals surface area contributed by atoms with Crippen molar-refractivity contribution in [2.24, 2.45) is 7.05 Å². The topological polar surface area (TPSA) is 16.8 Å². The molecule has 1 aliphatic heterocycles. The van der Waals surface area contributed by atoms with E-state index >= 15 is 0 Å². The summed E-state index contributed by atoms with van der Waals surface area (Å²) in [6, 6.07) is 15.6. The monoisotopic (exact) mass is 504 g/mol. The second-order valence-electron chi connectivity index (χ2n) is 10.4. The van der Waals surface area contributed by atoms with Crippen molar-refractivity contribution in [3.63, 3.8) is 0 Å². The lowest BCUT2D eigenvalue weighted by atomic mass is 9.98. The molecule has 36 heavy (non-hydrogen) atoms. The summed E-state index contributed by atoms with van der Waals surface area (Å²) in [7, 11) is 13.0. The molecule has 0 atom stereocenters. The third-order valence-electron chi connectivity index (χ3n) is 6.90. The van der Waals surface area contributed by atoms with Gasteiger partial charge in [-0.2, -0.15) is 4.57 Å². The molecule has 0 unspecified atom stereocenters. The summed E-state index contributed by atoms with van der Waals surface area (Å²) >= 11 is 1.86. The first-order valence-corrected chi connectivity index (χ1v) is 13.8. The number of fused-ring (bicyclic) bond motifs is 2. The molecule has 2 heterocycles. The van der Waals surface area contributed by atoms with Crippen LogP contribution in [0.2, 0.25) is 0 Å². The Labute approximate surface area is 221 Å². The van der Waals surface area contributed by atoms with Gasteiger partial charge < -0.3 is 19.6 Å². The van der Waals surface area contributed by atoms with Gasteiger partial charge in [0.1, 0.15) is 17.6 Å². The number of hydrogen-bond acceptors (Lipinski definition) is 5. The lowest BCUT2D eigenvalue weighted by molar-refractivity contribution is -0.642. The number of aromatic nitrogens is 1. The van der Waals surface area contributed by atoms with E-state index in [1.54, 1.807) is 0 Å². The van der Waals surface area contributed by atoms with Crippen LogP contribution in [0.4, 0.5) is 5.69 Å². The van der Waals surface area contributed by atoms with E-state index in [2.05, 4.69) is 128 Å². The number of benzene rings is 2. The molecule has 0 amide bonds. The smallest absolute Gasteiger partial charge is 0.263 e. The molecular weight excluding hydrogens is 462 g/mol. The zero-order valence-corrected chi connectivity index (χ0v) is 23.9. The van der Waals surface area contributed by atoms with Crippen LogP contribution in [0.1, 0.15) is 29.0 Å². The molecule has 0 fully saturated rings. The Kier molecular flexibility index (Phi) is 8.50. The van der Waals surface area contributed by atoms with Gasteiger partial charge in [0.05, 0.1) is 0 Å². The standard InChI is InChI=1S/C30H42N5S/c1-23-14-15-28-27(20-23)34(7)30(36-28)22-24-21-29(33(6)26-13-9-8-12-25(24)26)35(18-10-16-31(2)3)19-11-17-32(4)5/h8-9,12-15,20-22H,10-11,16-19H2,1-7H3/q+1. The minimum Gasteiger partial charge on any atom is -0.358 e. The van der Waals surface area contributed by atoms with Gasteiger partial charge in [-0.3, -0.25) is 0 Å². The van der Waals surface area contributed by atoms with Gasteiger partial charge in [0.15, 0.2) is 0 Å². The summed E-state index contributed by atoms with van der Waals surface area (Å²) in [6.07, 6.45) is 7.07. The molecule has 0 bridgehead atoms. The van der Waals surface area contributed by atoms with Crippen molar-refractivity contribution in [3.8, 4) is 0 Å². The van der Waals surface area contributed by atoms with Gasteiger partial charge in [-0.05, 0) is 90.4 Å². The molecule has 0 spiro atoms. The van der Waals surface area contributed by atoms with Crippen LogP contribution in [0.5, 0.6) is 0 Å². The van der Waals surface area contributed by atoms with Crippen LogP contribution < -0.4 is 9.47 Å². The van der Waals surface area contributed by atoms with Gasteiger partial charge in [-0.15, -0.1) is 0 Å². The van der Waals surface area contributed by atoms with Crippen molar-refractivity contribution in [3.05, 3.63) is 70.5 Å². The van der Waals surface area contributed by atoms with Crippen LogP contribution >= 0.6 is 11.3 Å². The molecule has 0 aliphatic carbocycles. The fraction of sp³-hybridized carbons (Fsp3) is 0.433. The van der Waals surface area contributed by atoms with E-state index in [1.165, 1.54) is 43.4 Å². The SMILES string of the molecule is Cc1ccc2sc(/C=C3/C=C(N(CCCN(C)C)CCCN(C)C)N(C)c4ccccc43)[n+](C)c2c1. The number of thiazole rings is 1. The number of aryl methyl sites for hydroxylation is 2. The van der Waals surface area contributed by atoms with E-state index in [-0.39, 0.29) is 0 Å². The number of nitrogens with zero attached hydrogens (tertiary/aromatic N) is 5. The average molecular weight is 505 g/mol. The van der Waals surface area contributed by atoms with Crippen molar-refractivity contribution in [2.75, 3.05) is 66.3 Å². The van der Waals surface area contributed by atoms with Crippen LogP contribution in [0.15, 0.2) is 54.4 Å². The summed E-state index contributed by atoms with van der Waals surface area (Å²) < 4.78 is 3.66. The van der Waals surface area contributed by atoms with E-state index in [9.17, 15) is 0 Å². The Balaban J connectivity index is 1.75. The van der Waals surface area contributed by atoms with Crippen LogP contribution in [0, 0.1) is 6.92 Å². The molecule has 4 rings (SSSR count). The Bertz CT molecular complexity index is 1240. The lowest BCUT2D eigenvalue weighted by Gasteiger charge is -2.38. The van der Waals surface area contributed by atoms with Gasteiger partial charge >= 0.3 is 0 Å². The molecule has 6 heteroatoms. The molecule has 2 aromatic carbocycles. The predicted octanol–water partition coefficient (Wildman–Crippen LogP) is 5.07. The first-order chi connectivity index (χ1) is 17.2. The van der Waals surface area contributed by atoms with E-state index in [0.717, 1.165) is 39.0 Å². The zero-order chi connectivity index (χ0) is 25.8. The second-order valence-corrected chi connectivity index (χ2v) is 11.5. The zero-order valence-electron chi connectivity index (χ0n) is 23.1. The largest absolute Gasteiger partial charge is 0.358 e. The van der Waals surface area contributed by atoms with Gasteiger partial charge in [0, 0.05) is 43.5 Å². The van der Waals surface area contributed by atoms with Gasteiger partial charge in [-0.25, -0.2) is 0 Å². The summed E-state index contributed by atoms with van der Waals surface area (Å²) in [6.45, 7) is 6.45. The molecule has 1 aliphatic rings. The average Bonchev–Trinajstić information content (AvgIpc) is 3.14. The summed E-state index contributed by atoms with van der Waals surface area (Å²) in [5, 5.41) is 1.27. The first-order valence-electron chi connectivity index (χ1n) is 12.9. The third kappa shape index (κ3) is 6.00. The van der Waals surface area contributed by atoms with Crippen molar-refractivity contribution in [1.29, 1.82) is 0 Å².